The van der Waals surface area contributed by atoms with E-state index in [1.54, 1.807) is 12.4 Å². The minimum absolute atomic E-state index is 0.0400. The molecule has 1 aliphatic heterocycles. The number of amides is 2. The Bertz CT molecular complexity index is 1670. The van der Waals surface area contributed by atoms with Gasteiger partial charge in [0.15, 0.2) is 0 Å². The maximum atomic E-state index is 14.4. The highest BCUT2D eigenvalue weighted by Crippen LogP contribution is 2.48. The van der Waals surface area contributed by atoms with E-state index in [-0.39, 0.29) is 59.9 Å². The number of alkyl halides is 3. The number of halogens is 3. The topological polar surface area (TPSA) is 154 Å². The normalized spacial score (nSPS) is 17.4. The van der Waals surface area contributed by atoms with Crippen LogP contribution in [-0.2, 0) is 47.7 Å². The van der Waals surface area contributed by atoms with Gasteiger partial charge in [-0.25, -0.2) is 4.98 Å². The number of nitrogens with one attached hydrogen (secondary N) is 3. The summed E-state index contributed by atoms with van der Waals surface area (Å²) in [5.41, 5.74) is 0.0945. The largest absolute Gasteiger partial charge is 0.483 e. The number of aryl methyl sites for hydroxylation is 1. The molecule has 1 aromatic carbocycles. The Morgan fingerprint density at radius 3 is 2.40 bits per heavy atom. The van der Waals surface area contributed by atoms with Crippen LogP contribution in [0.3, 0.4) is 0 Å². The van der Waals surface area contributed by atoms with E-state index in [0.29, 0.717) is 24.3 Å². The van der Waals surface area contributed by atoms with Crippen molar-refractivity contribution in [1.29, 1.82) is 0 Å². The zero-order valence-electron chi connectivity index (χ0n) is 27.3. The van der Waals surface area contributed by atoms with Gasteiger partial charge in [-0.05, 0) is 86.9 Å². The third kappa shape index (κ3) is 7.30. The minimum Gasteiger partial charge on any atom is -0.483 e. The maximum absolute atomic E-state index is 14.4. The molecular formula is C33H41F3N8O4. The molecule has 0 bridgehead atoms. The van der Waals surface area contributed by atoms with Gasteiger partial charge in [-0.15, -0.1) is 10.2 Å². The maximum Gasteiger partial charge on any atom is 0.416 e. The van der Waals surface area contributed by atoms with Crippen LogP contribution in [0.15, 0.2) is 30.6 Å². The molecule has 258 valence electrons. The van der Waals surface area contributed by atoms with E-state index in [1.165, 1.54) is 4.90 Å². The summed E-state index contributed by atoms with van der Waals surface area (Å²) in [6.45, 7) is 4.06. The number of pyridine rings is 1. The van der Waals surface area contributed by atoms with Gasteiger partial charge in [0.2, 0.25) is 5.91 Å². The number of hydrogen-bond donors (Lipinski definition) is 4. The van der Waals surface area contributed by atoms with Crippen molar-refractivity contribution in [3.8, 4) is 0 Å². The van der Waals surface area contributed by atoms with E-state index < -0.39 is 17.6 Å². The summed E-state index contributed by atoms with van der Waals surface area (Å²) < 4.78 is 45.1. The van der Waals surface area contributed by atoms with Crippen LogP contribution in [0.2, 0.25) is 0 Å². The quantitative estimate of drug-likeness (QED) is 0.218. The summed E-state index contributed by atoms with van der Waals surface area (Å²) in [6, 6.07) is 6.43. The molecule has 2 fully saturated rings. The Morgan fingerprint density at radius 2 is 1.83 bits per heavy atom. The van der Waals surface area contributed by atoms with E-state index in [9.17, 15) is 22.8 Å². The molecule has 15 heteroatoms. The molecular weight excluding hydrogens is 629 g/mol. The van der Waals surface area contributed by atoms with Crippen molar-refractivity contribution < 1.29 is 32.7 Å². The average molecular weight is 671 g/mol. The molecule has 48 heavy (non-hydrogen) atoms. The second kappa shape index (κ2) is 13.9. The number of aromatic nitrogens is 4. The van der Waals surface area contributed by atoms with Crippen molar-refractivity contribution in [3.05, 3.63) is 64.2 Å². The van der Waals surface area contributed by atoms with Crippen molar-refractivity contribution in [2.75, 3.05) is 23.3 Å². The van der Waals surface area contributed by atoms with Crippen LogP contribution in [0.1, 0.15) is 90.8 Å². The molecule has 0 saturated heterocycles. The smallest absolute Gasteiger partial charge is 0.416 e. The molecule has 0 unspecified atom stereocenters. The van der Waals surface area contributed by atoms with Crippen molar-refractivity contribution in [3.63, 3.8) is 0 Å². The number of rotatable bonds is 11. The first-order valence-electron chi connectivity index (χ1n) is 16.0. The van der Waals surface area contributed by atoms with Gasteiger partial charge in [0.25, 0.3) is 12.4 Å². The third-order valence-corrected chi connectivity index (χ3v) is 9.70. The van der Waals surface area contributed by atoms with Crippen LogP contribution < -0.4 is 20.9 Å². The minimum atomic E-state index is -4.63. The summed E-state index contributed by atoms with van der Waals surface area (Å²) >= 11 is 0. The molecule has 0 atom stereocenters. The van der Waals surface area contributed by atoms with Gasteiger partial charge < -0.3 is 25.6 Å². The first-order chi connectivity index (χ1) is 22.8. The van der Waals surface area contributed by atoms with Gasteiger partial charge in [0, 0.05) is 43.1 Å². The lowest BCUT2D eigenvalue weighted by molar-refractivity contribution is -0.138. The van der Waals surface area contributed by atoms with Crippen LogP contribution in [-0.4, -0.2) is 61.8 Å². The molecule has 2 amide bonds. The Morgan fingerprint density at radius 1 is 1.12 bits per heavy atom. The predicted octanol–water partition coefficient (Wildman–Crippen LogP) is 4.33. The lowest BCUT2D eigenvalue weighted by atomic mass is 9.62. The van der Waals surface area contributed by atoms with Crippen LogP contribution in [0, 0.1) is 0 Å². The number of nitrogens with zero attached hydrogens (tertiary/aromatic N) is 5. The van der Waals surface area contributed by atoms with Gasteiger partial charge in [-0.1, -0.05) is 6.42 Å². The average Bonchev–Trinajstić information content (AvgIpc) is 3.57. The second-order valence-electron chi connectivity index (χ2n) is 13.0. The highest BCUT2D eigenvalue weighted by atomic mass is 19.4. The fourth-order valence-corrected chi connectivity index (χ4v) is 6.63. The molecule has 4 N–H and O–H groups in total. The van der Waals surface area contributed by atoms with Crippen molar-refractivity contribution in [2.45, 2.75) is 89.0 Å². The SMILES string of the molecule is CCNC(=O)CNc1cc(C2(Cc3nncn3C)CCC2)cc(N2Cc3c(cc(CNC4(C)CCC4)cc3C(F)(F)F)C2=O)n1.O=CO. The molecule has 3 aliphatic rings. The lowest BCUT2D eigenvalue weighted by Gasteiger charge is -2.42. The van der Waals surface area contributed by atoms with Crippen LogP contribution >= 0.6 is 0 Å². The number of carbonyl (C=O) groups excluding carboxylic acids is 2. The summed E-state index contributed by atoms with van der Waals surface area (Å²) in [6.07, 6.45) is 3.36. The Labute approximate surface area is 276 Å². The fourth-order valence-electron chi connectivity index (χ4n) is 6.63. The number of fused-ring (bicyclic) bond motifs is 1. The van der Waals surface area contributed by atoms with Crippen LogP contribution in [0.5, 0.6) is 0 Å². The predicted molar refractivity (Wildman–Crippen MR) is 171 cm³/mol. The molecule has 12 nitrogen and oxygen atoms in total. The molecule has 2 aromatic heterocycles. The van der Waals surface area contributed by atoms with Crippen molar-refractivity contribution in [1.82, 2.24) is 30.4 Å². The molecule has 2 saturated carbocycles. The first-order valence-corrected chi connectivity index (χ1v) is 16.0. The second-order valence-corrected chi connectivity index (χ2v) is 13.0. The van der Waals surface area contributed by atoms with Gasteiger partial charge in [0.1, 0.15) is 23.8 Å². The summed E-state index contributed by atoms with van der Waals surface area (Å²) in [7, 11) is 1.88. The third-order valence-electron chi connectivity index (χ3n) is 9.70. The van der Waals surface area contributed by atoms with Gasteiger partial charge >= 0.3 is 6.18 Å². The Hall–Kier alpha value is -4.53. The standard InChI is InChI=1S/C32H39F3N8O2.CH2O2/c1-4-36-28(44)17-37-25-13-21(31(9-6-10-31)15-27-41-39-19-42(27)3)14-26(40-25)43-18-23-22(29(43)45)11-20(12-24(23)32(33,34)35)16-38-30(2)7-5-8-30;2-1-3/h11-14,19,38H,4-10,15-18H2,1-3H3,(H,36,44)(H,37,40);1H,(H,2,3). The van der Waals surface area contributed by atoms with Crippen LogP contribution in [0.4, 0.5) is 24.8 Å². The highest BCUT2D eigenvalue weighted by Gasteiger charge is 2.43. The van der Waals surface area contributed by atoms with Crippen molar-refractivity contribution in [2.24, 2.45) is 7.05 Å². The number of likely N-dealkylation sites (N-methyl/N-ethyl adjacent to an activating group) is 1. The molecule has 3 aromatic rings. The number of carboxylic acid groups (broad SMARTS) is 1. The van der Waals surface area contributed by atoms with E-state index in [0.717, 1.165) is 56.0 Å². The molecule has 3 heterocycles. The van der Waals surface area contributed by atoms with Gasteiger partial charge in [-0.3, -0.25) is 19.3 Å². The van der Waals surface area contributed by atoms with Gasteiger partial charge in [0.05, 0.1) is 18.7 Å². The Balaban J connectivity index is 0.00000145. The van der Waals surface area contributed by atoms with E-state index in [1.807, 2.05) is 30.7 Å². The summed E-state index contributed by atoms with van der Waals surface area (Å²) in [5, 5.41) is 24.4. The Kier molecular flexibility index (Phi) is 10.1. The zero-order valence-corrected chi connectivity index (χ0v) is 27.3. The monoisotopic (exact) mass is 670 g/mol. The molecule has 0 spiro atoms. The van der Waals surface area contributed by atoms with Crippen molar-refractivity contribution >= 4 is 29.9 Å². The highest BCUT2D eigenvalue weighted by molar-refractivity contribution is 6.10. The summed E-state index contributed by atoms with van der Waals surface area (Å²) in [5.74, 6) is 0.673. The number of benzene rings is 1. The number of hydrogen-bond acceptors (Lipinski definition) is 8. The molecule has 0 radical (unpaired) electrons. The first kappa shape index (κ1) is 34.8. The van der Waals surface area contributed by atoms with Gasteiger partial charge in [-0.2, -0.15) is 13.2 Å². The number of carbonyl (C=O) groups is 3. The van der Waals surface area contributed by atoms with E-state index >= 15 is 0 Å². The van der Waals surface area contributed by atoms with E-state index in [4.69, 9.17) is 9.90 Å². The fraction of sp³-hybridized carbons (Fsp3) is 0.515. The summed E-state index contributed by atoms with van der Waals surface area (Å²) in [4.78, 5) is 40.5. The lowest BCUT2D eigenvalue weighted by Crippen LogP contribution is -2.47. The molecule has 6 rings (SSSR count). The zero-order chi connectivity index (χ0) is 34.7. The van der Waals surface area contributed by atoms with Crippen LogP contribution in [0.25, 0.3) is 0 Å². The van der Waals surface area contributed by atoms with E-state index in [2.05, 4.69) is 38.1 Å². The number of anilines is 2. The molecule has 2 aliphatic carbocycles.